The van der Waals surface area contributed by atoms with Crippen molar-refractivity contribution in [1.82, 2.24) is 0 Å². The van der Waals surface area contributed by atoms with Gasteiger partial charge in [-0.1, -0.05) is 6.92 Å². The Morgan fingerprint density at radius 1 is 1.04 bits per heavy atom. The highest BCUT2D eigenvalue weighted by atomic mass is 16.5. The van der Waals surface area contributed by atoms with Crippen LogP contribution in [0.4, 0.5) is 5.69 Å². The van der Waals surface area contributed by atoms with Crippen LogP contribution < -0.4 is 10.0 Å². The van der Waals surface area contributed by atoms with E-state index in [4.69, 9.17) is 9.47 Å². The predicted octanol–water partition coefficient (Wildman–Crippen LogP) is 1.68. The molecule has 0 saturated heterocycles. The third-order valence-electron chi connectivity index (χ3n) is 3.21. The summed E-state index contributed by atoms with van der Waals surface area (Å²) >= 11 is 0. The lowest BCUT2D eigenvalue weighted by atomic mass is 10.2. The first-order chi connectivity index (χ1) is 12.5. The lowest BCUT2D eigenvalue weighted by molar-refractivity contribution is -0.608. The largest absolute Gasteiger partial charge is 0.618 e. The van der Waals surface area contributed by atoms with E-state index in [-0.39, 0.29) is 5.69 Å². The monoisotopic (exact) mass is 358 g/mol. The van der Waals surface area contributed by atoms with E-state index in [9.17, 15) is 19.6 Å². The molecule has 2 aromatic rings. The molecule has 8 nitrogen and oxygen atoms in total. The number of esters is 2. The molecule has 8 heteroatoms. The van der Waals surface area contributed by atoms with Crippen molar-refractivity contribution in [1.29, 1.82) is 0 Å². The summed E-state index contributed by atoms with van der Waals surface area (Å²) in [7, 11) is 0. The molecule has 1 N–H and O–H groups in total. The molecular weight excluding hydrogens is 340 g/mol. The minimum atomic E-state index is -0.898. The van der Waals surface area contributed by atoms with E-state index in [0.29, 0.717) is 22.6 Å². The van der Waals surface area contributed by atoms with Crippen LogP contribution in [-0.2, 0) is 14.3 Å². The van der Waals surface area contributed by atoms with Gasteiger partial charge in [0.1, 0.15) is 0 Å². The number of benzene rings is 1. The molecule has 0 unspecified atom stereocenters. The number of hydrogen-bond acceptors (Lipinski definition) is 6. The van der Waals surface area contributed by atoms with Crippen LogP contribution >= 0.6 is 0 Å². The topological polar surface area (TPSA) is 109 Å². The Labute approximate surface area is 149 Å². The zero-order valence-corrected chi connectivity index (χ0v) is 14.1. The van der Waals surface area contributed by atoms with E-state index in [0.717, 1.165) is 12.6 Å². The number of carbonyl (C=O) groups is 3. The average Bonchev–Trinajstić information content (AvgIpc) is 2.65. The smallest absolute Gasteiger partial charge is 0.405 e. The molecule has 0 spiro atoms. The zero-order chi connectivity index (χ0) is 18.9. The minimum Gasteiger partial charge on any atom is -0.618 e. The van der Waals surface area contributed by atoms with Gasteiger partial charge in [-0.25, -0.2) is 9.59 Å². The van der Waals surface area contributed by atoms with E-state index in [1.165, 1.54) is 42.5 Å². The fourth-order valence-corrected chi connectivity index (χ4v) is 1.96. The summed E-state index contributed by atoms with van der Waals surface area (Å²) in [6, 6.07) is 10.4. The lowest BCUT2D eigenvalue weighted by Crippen LogP contribution is -2.35. The molecule has 0 atom stereocenters. The average molecular weight is 358 g/mol. The first-order valence-corrected chi connectivity index (χ1v) is 7.93. The maximum absolute atomic E-state index is 11.8. The van der Waals surface area contributed by atoms with Crippen LogP contribution in [-0.4, -0.2) is 31.1 Å². The second-order valence-corrected chi connectivity index (χ2v) is 5.25. The zero-order valence-electron chi connectivity index (χ0n) is 14.1. The molecule has 1 aromatic heterocycles. The van der Waals surface area contributed by atoms with Gasteiger partial charge < -0.3 is 20.0 Å². The van der Waals surface area contributed by atoms with Gasteiger partial charge in [0, 0.05) is 17.8 Å². The molecule has 0 aliphatic rings. The van der Waals surface area contributed by atoms with E-state index in [1.54, 1.807) is 0 Å². The Balaban J connectivity index is 1.85. The number of rotatable bonds is 7. The summed E-state index contributed by atoms with van der Waals surface area (Å²) in [5.74, 6) is -1.91. The summed E-state index contributed by atoms with van der Waals surface area (Å²) in [4.78, 5) is 35.3. The molecule has 0 fully saturated rings. The Hall–Kier alpha value is -3.42. The van der Waals surface area contributed by atoms with Gasteiger partial charge in [0.25, 0.3) is 5.91 Å². The van der Waals surface area contributed by atoms with E-state index in [1.807, 2.05) is 6.92 Å². The number of carbonyl (C=O) groups excluding carboxylic acids is 3. The van der Waals surface area contributed by atoms with E-state index < -0.39 is 24.5 Å². The Bertz CT molecular complexity index is 789. The first-order valence-electron chi connectivity index (χ1n) is 7.93. The van der Waals surface area contributed by atoms with Crippen molar-refractivity contribution in [3.05, 3.63) is 65.1 Å². The van der Waals surface area contributed by atoms with Gasteiger partial charge in [-0.15, -0.1) is 0 Å². The van der Waals surface area contributed by atoms with Crippen molar-refractivity contribution in [2.75, 3.05) is 18.5 Å². The number of anilines is 1. The summed E-state index contributed by atoms with van der Waals surface area (Å²) in [6.07, 6.45) is 1.89. The molecule has 0 saturated carbocycles. The summed E-state index contributed by atoms with van der Waals surface area (Å²) in [5.41, 5.74) is 0.582. The highest BCUT2D eigenvalue weighted by Gasteiger charge is 2.18. The van der Waals surface area contributed by atoms with Crippen LogP contribution in [0.15, 0.2) is 48.7 Å². The van der Waals surface area contributed by atoms with Crippen LogP contribution in [0.2, 0.25) is 0 Å². The molecule has 1 aromatic carbocycles. The molecule has 136 valence electrons. The number of hydrogen-bond donors (Lipinski definition) is 1. The molecule has 0 aliphatic heterocycles. The Morgan fingerprint density at radius 2 is 1.77 bits per heavy atom. The normalized spacial score (nSPS) is 10.0. The quantitative estimate of drug-likeness (QED) is 0.458. The third kappa shape index (κ3) is 5.30. The Kier molecular flexibility index (Phi) is 6.67. The van der Waals surface area contributed by atoms with Crippen molar-refractivity contribution < 1.29 is 28.6 Å². The molecule has 0 bridgehead atoms. The SMILES string of the molecule is CCCOC(=O)c1ccc(NC(=O)COC(=O)c2cccc[n+]2[O-])cc1. The van der Waals surface area contributed by atoms with Crippen LogP contribution in [0.5, 0.6) is 0 Å². The maximum Gasteiger partial charge on any atom is 0.405 e. The molecule has 1 amide bonds. The van der Waals surface area contributed by atoms with Crippen molar-refractivity contribution in [2.45, 2.75) is 13.3 Å². The minimum absolute atomic E-state index is 0.213. The molecule has 2 rings (SSSR count). The maximum atomic E-state index is 11.8. The van der Waals surface area contributed by atoms with Crippen molar-refractivity contribution in [3.8, 4) is 0 Å². The van der Waals surface area contributed by atoms with Gasteiger partial charge in [-0.05, 0) is 36.8 Å². The van der Waals surface area contributed by atoms with Gasteiger partial charge in [0.05, 0.1) is 12.2 Å². The third-order valence-corrected chi connectivity index (χ3v) is 3.21. The van der Waals surface area contributed by atoms with Gasteiger partial charge >= 0.3 is 17.6 Å². The highest BCUT2D eigenvalue weighted by molar-refractivity contribution is 5.95. The summed E-state index contributed by atoms with van der Waals surface area (Å²) < 4.78 is 10.2. The summed E-state index contributed by atoms with van der Waals surface area (Å²) in [6.45, 7) is 1.69. The van der Waals surface area contributed by atoms with E-state index in [2.05, 4.69) is 5.32 Å². The van der Waals surface area contributed by atoms with Gasteiger partial charge in [-0.3, -0.25) is 4.79 Å². The fourth-order valence-electron chi connectivity index (χ4n) is 1.96. The Morgan fingerprint density at radius 3 is 2.42 bits per heavy atom. The van der Waals surface area contributed by atoms with Gasteiger partial charge in [-0.2, -0.15) is 4.73 Å². The predicted molar refractivity (Wildman–Crippen MR) is 91.3 cm³/mol. The number of amides is 1. The number of nitrogens with one attached hydrogen (secondary N) is 1. The van der Waals surface area contributed by atoms with E-state index >= 15 is 0 Å². The molecule has 0 radical (unpaired) electrons. The lowest BCUT2D eigenvalue weighted by Gasteiger charge is -2.08. The van der Waals surface area contributed by atoms with Gasteiger partial charge in [0.2, 0.25) is 0 Å². The van der Waals surface area contributed by atoms with Crippen LogP contribution in [0, 0.1) is 5.21 Å². The van der Waals surface area contributed by atoms with Crippen molar-refractivity contribution >= 4 is 23.5 Å². The second-order valence-electron chi connectivity index (χ2n) is 5.25. The highest BCUT2D eigenvalue weighted by Crippen LogP contribution is 2.11. The van der Waals surface area contributed by atoms with Crippen molar-refractivity contribution in [3.63, 3.8) is 0 Å². The van der Waals surface area contributed by atoms with Gasteiger partial charge in [0.15, 0.2) is 12.8 Å². The number of ether oxygens (including phenoxy) is 2. The summed E-state index contributed by atoms with van der Waals surface area (Å²) in [5, 5.41) is 13.9. The molecule has 1 heterocycles. The standard InChI is InChI=1S/C18H18N2O6/c1-2-11-25-17(22)13-6-8-14(9-7-13)19-16(21)12-26-18(23)15-5-3-4-10-20(15)24/h3-10H,2,11-12H2,1H3,(H,19,21). The first kappa shape index (κ1) is 18.9. The molecular formula is C18H18N2O6. The number of pyridine rings is 1. The molecule has 0 aliphatic carbocycles. The number of nitrogens with zero attached hydrogens (tertiary/aromatic N) is 1. The molecule has 26 heavy (non-hydrogen) atoms. The van der Waals surface area contributed by atoms with Crippen LogP contribution in [0.3, 0.4) is 0 Å². The fraction of sp³-hybridized carbons (Fsp3) is 0.222. The van der Waals surface area contributed by atoms with Crippen LogP contribution in [0.25, 0.3) is 0 Å². The second kappa shape index (κ2) is 9.16. The van der Waals surface area contributed by atoms with Crippen LogP contribution in [0.1, 0.15) is 34.2 Å². The van der Waals surface area contributed by atoms with Crippen molar-refractivity contribution in [2.24, 2.45) is 0 Å². The number of aromatic nitrogens is 1.